The molecule has 1 aromatic heterocycles. The van der Waals surface area contributed by atoms with Gasteiger partial charge in [-0.15, -0.1) is 0 Å². The summed E-state index contributed by atoms with van der Waals surface area (Å²) in [6.07, 6.45) is 5.71. The van der Waals surface area contributed by atoms with Gasteiger partial charge in [0.15, 0.2) is 0 Å². The van der Waals surface area contributed by atoms with Crippen molar-refractivity contribution >= 4 is 0 Å². The van der Waals surface area contributed by atoms with Crippen LogP contribution in [-0.2, 0) is 6.54 Å². The Labute approximate surface area is 101 Å². The summed E-state index contributed by atoms with van der Waals surface area (Å²) in [6.45, 7) is 0.460. The highest BCUT2D eigenvalue weighted by Gasteiger charge is 2.23. The molecular weight excluding hydrogens is 210 g/mol. The first-order valence-electron chi connectivity index (χ1n) is 6.26. The monoisotopic (exact) mass is 227 g/mol. The third-order valence-electron chi connectivity index (χ3n) is 3.73. The number of benzene rings is 1. The zero-order valence-corrected chi connectivity index (χ0v) is 9.86. The molecule has 3 rings (SSSR count). The van der Waals surface area contributed by atoms with E-state index >= 15 is 0 Å². The lowest BCUT2D eigenvalue weighted by Crippen LogP contribution is -2.10. The Hall–Kier alpha value is -1.54. The first-order valence-corrected chi connectivity index (χ1v) is 6.26. The first kappa shape index (κ1) is 10.6. The molecule has 0 atom stereocenters. The van der Waals surface area contributed by atoms with Gasteiger partial charge in [0, 0.05) is 5.56 Å². The zero-order chi connectivity index (χ0) is 11.7. The maximum atomic E-state index is 5.71. The van der Waals surface area contributed by atoms with Crippen LogP contribution in [0.4, 0.5) is 0 Å². The van der Waals surface area contributed by atoms with E-state index in [0.717, 1.165) is 17.2 Å². The Morgan fingerprint density at radius 3 is 2.65 bits per heavy atom. The minimum atomic E-state index is 0.460. The maximum Gasteiger partial charge on any atom is 0.125 e. The highest BCUT2D eigenvalue weighted by Crippen LogP contribution is 2.41. The maximum absolute atomic E-state index is 5.71. The summed E-state index contributed by atoms with van der Waals surface area (Å²) in [5.41, 5.74) is 9.62. The molecule has 0 radical (unpaired) electrons. The van der Waals surface area contributed by atoms with E-state index in [1.807, 2.05) is 6.07 Å². The van der Waals surface area contributed by atoms with Crippen molar-refractivity contribution in [2.24, 2.45) is 5.73 Å². The van der Waals surface area contributed by atoms with Gasteiger partial charge in [0.25, 0.3) is 0 Å². The molecule has 1 fully saturated rings. The third-order valence-corrected chi connectivity index (χ3v) is 3.73. The van der Waals surface area contributed by atoms with Crippen LogP contribution in [0.25, 0.3) is 11.1 Å². The van der Waals surface area contributed by atoms with Gasteiger partial charge >= 0.3 is 0 Å². The van der Waals surface area contributed by atoms with Crippen molar-refractivity contribution in [2.75, 3.05) is 0 Å². The minimum Gasteiger partial charge on any atom is -0.467 e. The Morgan fingerprint density at radius 2 is 1.94 bits per heavy atom. The number of rotatable bonds is 3. The highest BCUT2D eigenvalue weighted by molar-refractivity contribution is 5.70. The predicted molar refractivity (Wildman–Crippen MR) is 68.6 cm³/mol. The molecule has 2 nitrogen and oxygen atoms in total. The van der Waals surface area contributed by atoms with Crippen molar-refractivity contribution in [1.29, 1.82) is 0 Å². The molecule has 2 heteroatoms. The standard InChI is InChI=1S/C15H17NO/c16-10-15-14(8-9-17-15)13-7-2-1-6-12(13)11-4-3-5-11/h1-2,6-9,11H,3-5,10,16H2. The van der Waals surface area contributed by atoms with Gasteiger partial charge in [0.2, 0.25) is 0 Å². The first-order chi connectivity index (χ1) is 8.40. The molecule has 0 aliphatic heterocycles. The van der Waals surface area contributed by atoms with Crippen molar-refractivity contribution < 1.29 is 4.42 Å². The van der Waals surface area contributed by atoms with E-state index in [-0.39, 0.29) is 0 Å². The second-order valence-corrected chi connectivity index (χ2v) is 4.68. The Bertz CT molecular complexity index is 511. The summed E-state index contributed by atoms with van der Waals surface area (Å²) in [5.74, 6) is 1.61. The van der Waals surface area contributed by atoms with Crippen LogP contribution < -0.4 is 5.73 Å². The van der Waals surface area contributed by atoms with Gasteiger partial charge in [0.05, 0.1) is 12.8 Å². The van der Waals surface area contributed by atoms with E-state index in [1.54, 1.807) is 6.26 Å². The molecule has 1 aliphatic carbocycles. The molecule has 2 N–H and O–H groups in total. The van der Waals surface area contributed by atoms with Crippen LogP contribution in [0.15, 0.2) is 41.0 Å². The van der Waals surface area contributed by atoms with Crippen molar-refractivity contribution in [1.82, 2.24) is 0 Å². The molecule has 88 valence electrons. The van der Waals surface area contributed by atoms with Crippen LogP contribution >= 0.6 is 0 Å². The van der Waals surface area contributed by atoms with Gasteiger partial charge in [0.1, 0.15) is 5.76 Å². The lowest BCUT2D eigenvalue weighted by atomic mass is 9.77. The highest BCUT2D eigenvalue weighted by atomic mass is 16.3. The van der Waals surface area contributed by atoms with Gasteiger partial charge in [-0.25, -0.2) is 0 Å². The second kappa shape index (κ2) is 4.38. The fraction of sp³-hybridized carbons (Fsp3) is 0.333. The van der Waals surface area contributed by atoms with E-state index in [1.165, 1.54) is 30.4 Å². The molecule has 0 bridgehead atoms. The van der Waals surface area contributed by atoms with Crippen molar-refractivity contribution in [3.63, 3.8) is 0 Å². The molecule has 1 aliphatic rings. The SMILES string of the molecule is NCc1occc1-c1ccccc1C1CCC1. The molecule has 2 aromatic rings. The van der Waals surface area contributed by atoms with E-state index < -0.39 is 0 Å². The van der Waals surface area contributed by atoms with E-state index in [4.69, 9.17) is 10.2 Å². The Kier molecular flexibility index (Phi) is 2.73. The summed E-state index contributed by atoms with van der Waals surface area (Å²) in [6, 6.07) is 10.7. The van der Waals surface area contributed by atoms with Crippen molar-refractivity contribution in [2.45, 2.75) is 31.7 Å². The van der Waals surface area contributed by atoms with Crippen LogP contribution in [-0.4, -0.2) is 0 Å². The molecule has 1 aromatic carbocycles. The Balaban J connectivity index is 2.07. The van der Waals surface area contributed by atoms with E-state index in [9.17, 15) is 0 Å². The number of hydrogen-bond acceptors (Lipinski definition) is 2. The van der Waals surface area contributed by atoms with Gasteiger partial charge in [-0.3, -0.25) is 0 Å². The van der Waals surface area contributed by atoms with Crippen LogP contribution in [0.1, 0.15) is 36.5 Å². The fourth-order valence-corrected chi connectivity index (χ4v) is 2.56. The Morgan fingerprint density at radius 1 is 1.12 bits per heavy atom. The lowest BCUT2D eigenvalue weighted by Gasteiger charge is -2.27. The van der Waals surface area contributed by atoms with Crippen LogP contribution in [0, 0.1) is 0 Å². The topological polar surface area (TPSA) is 39.2 Å². The number of furan rings is 1. The molecule has 1 saturated carbocycles. The average Bonchev–Trinajstić information content (AvgIpc) is 2.75. The summed E-state index contributed by atoms with van der Waals surface area (Å²) in [5, 5.41) is 0. The molecule has 0 unspecified atom stereocenters. The fourth-order valence-electron chi connectivity index (χ4n) is 2.56. The van der Waals surface area contributed by atoms with Crippen molar-refractivity contribution in [3.8, 4) is 11.1 Å². The smallest absolute Gasteiger partial charge is 0.125 e. The molecule has 0 amide bonds. The molecule has 0 spiro atoms. The second-order valence-electron chi connectivity index (χ2n) is 4.68. The molecule has 0 saturated heterocycles. The number of hydrogen-bond donors (Lipinski definition) is 1. The van der Waals surface area contributed by atoms with E-state index in [0.29, 0.717) is 6.54 Å². The molecule has 1 heterocycles. The lowest BCUT2D eigenvalue weighted by molar-refractivity contribution is 0.420. The van der Waals surface area contributed by atoms with E-state index in [2.05, 4.69) is 24.3 Å². The predicted octanol–water partition coefficient (Wildman–Crippen LogP) is 3.67. The zero-order valence-electron chi connectivity index (χ0n) is 9.86. The van der Waals surface area contributed by atoms with Gasteiger partial charge < -0.3 is 10.2 Å². The van der Waals surface area contributed by atoms with Crippen LogP contribution in [0.5, 0.6) is 0 Å². The number of nitrogens with two attached hydrogens (primary N) is 1. The molecule has 17 heavy (non-hydrogen) atoms. The van der Waals surface area contributed by atoms with Gasteiger partial charge in [-0.2, -0.15) is 0 Å². The minimum absolute atomic E-state index is 0.460. The molecular formula is C15H17NO. The van der Waals surface area contributed by atoms with Crippen LogP contribution in [0.2, 0.25) is 0 Å². The summed E-state index contributed by atoms with van der Waals surface area (Å²) < 4.78 is 5.43. The van der Waals surface area contributed by atoms with Crippen LogP contribution in [0.3, 0.4) is 0 Å². The summed E-state index contributed by atoms with van der Waals surface area (Å²) in [4.78, 5) is 0. The largest absolute Gasteiger partial charge is 0.467 e. The summed E-state index contributed by atoms with van der Waals surface area (Å²) in [7, 11) is 0. The summed E-state index contributed by atoms with van der Waals surface area (Å²) >= 11 is 0. The van der Waals surface area contributed by atoms with Crippen molar-refractivity contribution in [3.05, 3.63) is 47.9 Å². The quantitative estimate of drug-likeness (QED) is 0.868. The van der Waals surface area contributed by atoms with Gasteiger partial charge in [-0.1, -0.05) is 30.7 Å². The average molecular weight is 227 g/mol. The third kappa shape index (κ3) is 1.79. The normalized spacial score (nSPS) is 15.8. The van der Waals surface area contributed by atoms with Gasteiger partial charge in [-0.05, 0) is 36.0 Å².